The van der Waals surface area contributed by atoms with Gasteiger partial charge in [-0.05, 0) is 19.1 Å². The lowest BCUT2D eigenvalue weighted by Gasteiger charge is -2.16. The van der Waals surface area contributed by atoms with E-state index in [2.05, 4.69) is 0 Å². The summed E-state index contributed by atoms with van der Waals surface area (Å²) >= 11 is 0. The van der Waals surface area contributed by atoms with Crippen molar-refractivity contribution in [3.63, 3.8) is 0 Å². The van der Waals surface area contributed by atoms with Crippen molar-refractivity contribution in [2.75, 3.05) is 5.73 Å². The van der Waals surface area contributed by atoms with Gasteiger partial charge in [0.25, 0.3) is 0 Å². The fourth-order valence-electron chi connectivity index (χ4n) is 1.44. The van der Waals surface area contributed by atoms with E-state index in [0.29, 0.717) is 6.07 Å². The SMILES string of the molecule is CC(=O)c1c(N)cc(C(F)(F)F)cc1C(F)(F)F. The van der Waals surface area contributed by atoms with E-state index in [1.54, 1.807) is 0 Å². The summed E-state index contributed by atoms with van der Waals surface area (Å²) in [5.41, 5.74) is 0.0816. The van der Waals surface area contributed by atoms with Crippen LogP contribution in [0, 0.1) is 0 Å². The first-order valence-corrected chi connectivity index (χ1v) is 4.53. The zero-order chi connectivity index (χ0) is 14.3. The van der Waals surface area contributed by atoms with Crippen LogP contribution < -0.4 is 5.73 Å². The van der Waals surface area contributed by atoms with E-state index >= 15 is 0 Å². The van der Waals surface area contributed by atoms with Crippen molar-refractivity contribution in [2.45, 2.75) is 19.3 Å². The molecule has 2 N–H and O–H groups in total. The number of carbonyl (C=O) groups is 1. The molecular weight excluding hydrogens is 264 g/mol. The largest absolute Gasteiger partial charge is 0.417 e. The van der Waals surface area contributed by atoms with Crippen LogP contribution in [0.5, 0.6) is 0 Å². The van der Waals surface area contributed by atoms with E-state index in [1.807, 2.05) is 0 Å². The number of hydrogen-bond donors (Lipinski definition) is 1. The molecule has 0 saturated heterocycles. The first kappa shape index (κ1) is 14.3. The normalized spacial score (nSPS) is 12.6. The molecule has 0 radical (unpaired) electrons. The summed E-state index contributed by atoms with van der Waals surface area (Å²) in [5.74, 6) is -1.05. The summed E-state index contributed by atoms with van der Waals surface area (Å²) in [6.45, 7) is 0.800. The highest BCUT2D eigenvalue weighted by Crippen LogP contribution is 2.39. The van der Waals surface area contributed by atoms with Crippen LogP contribution in [0.2, 0.25) is 0 Å². The zero-order valence-corrected chi connectivity index (χ0v) is 8.91. The molecule has 0 heterocycles. The van der Waals surface area contributed by atoms with Gasteiger partial charge in [-0.1, -0.05) is 0 Å². The molecule has 0 atom stereocenters. The number of benzene rings is 1. The van der Waals surface area contributed by atoms with E-state index in [1.165, 1.54) is 0 Å². The number of nitrogens with two attached hydrogens (primary N) is 1. The van der Waals surface area contributed by atoms with Crippen molar-refractivity contribution >= 4 is 11.5 Å². The molecule has 0 aliphatic rings. The van der Waals surface area contributed by atoms with Gasteiger partial charge in [-0.2, -0.15) is 26.3 Å². The molecule has 0 unspecified atom stereocenters. The maximum Gasteiger partial charge on any atom is 0.417 e. The van der Waals surface area contributed by atoms with Gasteiger partial charge in [0, 0.05) is 5.69 Å². The third kappa shape index (κ3) is 2.74. The Morgan fingerprint density at radius 3 is 1.89 bits per heavy atom. The van der Waals surface area contributed by atoms with E-state index < -0.39 is 40.5 Å². The Hall–Kier alpha value is -1.73. The predicted octanol–water partition coefficient (Wildman–Crippen LogP) is 3.51. The molecule has 0 spiro atoms. The van der Waals surface area contributed by atoms with E-state index in [-0.39, 0.29) is 6.07 Å². The molecule has 18 heavy (non-hydrogen) atoms. The first-order chi connectivity index (χ1) is 7.94. The summed E-state index contributed by atoms with van der Waals surface area (Å²) in [6.07, 6.45) is -10.1. The van der Waals surface area contributed by atoms with Crippen molar-refractivity contribution in [2.24, 2.45) is 0 Å². The molecule has 1 aromatic carbocycles. The molecule has 0 aromatic heterocycles. The van der Waals surface area contributed by atoms with E-state index in [9.17, 15) is 31.1 Å². The van der Waals surface area contributed by atoms with Gasteiger partial charge in [-0.25, -0.2) is 0 Å². The van der Waals surface area contributed by atoms with Crippen LogP contribution in [-0.4, -0.2) is 5.78 Å². The monoisotopic (exact) mass is 271 g/mol. The fraction of sp³-hybridized carbons (Fsp3) is 0.300. The number of nitrogen functional groups attached to an aromatic ring is 1. The molecule has 0 aliphatic heterocycles. The molecule has 100 valence electrons. The number of rotatable bonds is 1. The maximum atomic E-state index is 12.6. The lowest BCUT2D eigenvalue weighted by molar-refractivity contribution is -0.143. The van der Waals surface area contributed by atoms with Gasteiger partial charge in [0.15, 0.2) is 5.78 Å². The molecule has 0 amide bonds. The van der Waals surface area contributed by atoms with Crippen LogP contribution in [0.25, 0.3) is 0 Å². The Morgan fingerprint density at radius 1 is 1.06 bits per heavy atom. The van der Waals surface area contributed by atoms with Crippen LogP contribution in [0.4, 0.5) is 32.0 Å². The summed E-state index contributed by atoms with van der Waals surface area (Å²) in [6, 6.07) is 0.194. The number of ketones is 1. The number of alkyl halides is 6. The minimum Gasteiger partial charge on any atom is -0.398 e. The van der Waals surface area contributed by atoms with Crippen LogP contribution in [0.1, 0.15) is 28.4 Å². The van der Waals surface area contributed by atoms with Gasteiger partial charge in [-0.15, -0.1) is 0 Å². The number of Topliss-reactive ketones (excluding diaryl/α,β-unsaturated/α-hetero) is 1. The molecule has 1 aromatic rings. The molecule has 0 fully saturated rings. The fourth-order valence-corrected chi connectivity index (χ4v) is 1.44. The average molecular weight is 271 g/mol. The lowest BCUT2D eigenvalue weighted by Crippen LogP contribution is -2.17. The van der Waals surface area contributed by atoms with Gasteiger partial charge < -0.3 is 5.73 Å². The Labute approximate surface area is 97.4 Å². The van der Waals surface area contributed by atoms with Crippen molar-refractivity contribution in [1.29, 1.82) is 0 Å². The Morgan fingerprint density at radius 2 is 1.56 bits per heavy atom. The third-order valence-electron chi connectivity index (χ3n) is 2.15. The molecule has 8 heteroatoms. The quantitative estimate of drug-likeness (QED) is 0.482. The maximum absolute atomic E-state index is 12.6. The van der Waals surface area contributed by atoms with Gasteiger partial charge >= 0.3 is 12.4 Å². The third-order valence-corrected chi connectivity index (χ3v) is 2.15. The standard InChI is InChI=1S/C10H7F6NO/c1-4(18)8-6(10(14,15)16)2-5(3-7(8)17)9(11,12)13/h2-3H,17H2,1H3. The molecular formula is C10H7F6NO. The number of carbonyl (C=O) groups excluding carboxylic acids is 1. The molecule has 2 nitrogen and oxygen atoms in total. The van der Waals surface area contributed by atoms with Crippen LogP contribution >= 0.6 is 0 Å². The second-order valence-electron chi connectivity index (χ2n) is 3.54. The Balaban J connectivity index is 3.64. The van der Waals surface area contributed by atoms with Crippen molar-refractivity contribution in [3.8, 4) is 0 Å². The Bertz CT molecular complexity index is 488. The van der Waals surface area contributed by atoms with Crippen molar-refractivity contribution in [3.05, 3.63) is 28.8 Å². The summed E-state index contributed by atoms with van der Waals surface area (Å²) in [5, 5.41) is 0. The first-order valence-electron chi connectivity index (χ1n) is 4.53. The number of anilines is 1. The second-order valence-corrected chi connectivity index (χ2v) is 3.54. The van der Waals surface area contributed by atoms with Gasteiger partial charge in [-0.3, -0.25) is 4.79 Å². The highest BCUT2D eigenvalue weighted by atomic mass is 19.4. The van der Waals surface area contributed by atoms with Crippen molar-refractivity contribution in [1.82, 2.24) is 0 Å². The number of halogens is 6. The van der Waals surface area contributed by atoms with E-state index in [4.69, 9.17) is 5.73 Å². The predicted molar refractivity (Wildman–Crippen MR) is 50.9 cm³/mol. The highest BCUT2D eigenvalue weighted by molar-refractivity contribution is 6.00. The van der Waals surface area contributed by atoms with Gasteiger partial charge in [0.2, 0.25) is 0 Å². The summed E-state index contributed by atoms with van der Waals surface area (Å²) < 4.78 is 74.8. The van der Waals surface area contributed by atoms with Crippen LogP contribution in [0.15, 0.2) is 12.1 Å². The minimum absolute atomic E-state index is 0.118. The molecule has 0 saturated carbocycles. The topological polar surface area (TPSA) is 43.1 Å². The minimum atomic E-state index is -5.09. The molecule has 0 aliphatic carbocycles. The average Bonchev–Trinajstić information content (AvgIpc) is 2.12. The summed E-state index contributed by atoms with van der Waals surface area (Å²) in [7, 11) is 0. The second kappa shape index (κ2) is 4.18. The van der Waals surface area contributed by atoms with Crippen molar-refractivity contribution < 1.29 is 31.1 Å². The Kier molecular flexibility index (Phi) is 3.33. The number of hydrogen-bond acceptors (Lipinski definition) is 2. The molecule has 0 bridgehead atoms. The lowest BCUT2D eigenvalue weighted by atomic mass is 9.98. The van der Waals surface area contributed by atoms with Gasteiger partial charge in [0.05, 0.1) is 16.7 Å². The smallest absolute Gasteiger partial charge is 0.398 e. The molecule has 1 rings (SSSR count). The van der Waals surface area contributed by atoms with Gasteiger partial charge in [0.1, 0.15) is 0 Å². The van der Waals surface area contributed by atoms with Crippen LogP contribution in [0.3, 0.4) is 0 Å². The van der Waals surface area contributed by atoms with Crippen LogP contribution in [-0.2, 0) is 12.4 Å². The zero-order valence-electron chi connectivity index (χ0n) is 8.91. The highest BCUT2D eigenvalue weighted by Gasteiger charge is 2.40. The summed E-state index contributed by atoms with van der Waals surface area (Å²) in [4.78, 5) is 11.0. The van der Waals surface area contributed by atoms with E-state index in [0.717, 1.165) is 6.92 Å².